The number of carbonyl (C=O) groups is 3. The normalized spacial score (nSPS) is 11.7. The number of hydrogen-bond donors (Lipinski definition) is 2. The lowest BCUT2D eigenvalue weighted by Crippen LogP contribution is -2.43. The van der Waals surface area contributed by atoms with Crippen molar-refractivity contribution in [3.63, 3.8) is 0 Å². The van der Waals surface area contributed by atoms with Crippen molar-refractivity contribution in [1.82, 2.24) is 10.6 Å². The molecule has 0 saturated heterocycles. The van der Waals surface area contributed by atoms with Crippen molar-refractivity contribution >= 4 is 17.8 Å². The zero-order chi connectivity index (χ0) is 27.3. The van der Waals surface area contributed by atoms with Gasteiger partial charge in [-0.3, -0.25) is 9.59 Å². The molecule has 0 fully saturated rings. The number of esters is 1. The average molecular weight is 519 g/mol. The number of hydrogen-bond acceptors (Lipinski definition) is 4. The highest BCUT2D eigenvalue weighted by molar-refractivity contribution is 5.97. The van der Waals surface area contributed by atoms with Crippen LogP contribution in [0.15, 0.2) is 133 Å². The Morgan fingerprint density at radius 1 is 0.641 bits per heavy atom. The summed E-state index contributed by atoms with van der Waals surface area (Å²) in [6.45, 7) is 0.190. The molecule has 2 amide bonds. The van der Waals surface area contributed by atoms with Crippen LogP contribution in [0.5, 0.6) is 0 Å². The Morgan fingerprint density at radius 2 is 1.13 bits per heavy atom. The van der Waals surface area contributed by atoms with Gasteiger partial charge in [0.1, 0.15) is 6.04 Å². The van der Waals surface area contributed by atoms with Crippen molar-refractivity contribution < 1.29 is 19.1 Å². The summed E-state index contributed by atoms with van der Waals surface area (Å²) in [5.41, 5.74) is 3.59. The molecule has 4 aromatic rings. The van der Waals surface area contributed by atoms with Gasteiger partial charge >= 0.3 is 5.97 Å². The molecule has 6 heteroatoms. The Labute approximate surface area is 228 Å². The summed E-state index contributed by atoms with van der Waals surface area (Å²) in [4.78, 5) is 38.7. The van der Waals surface area contributed by atoms with E-state index in [2.05, 4.69) is 10.6 Å². The summed E-state index contributed by atoms with van der Waals surface area (Å²) in [5.74, 6) is -1.18. The van der Waals surface area contributed by atoms with Crippen LogP contribution in [-0.2, 0) is 22.4 Å². The van der Waals surface area contributed by atoms with E-state index in [4.69, 9.17) is 4.74 Å². The van der Waals surface area contributed by atoms with Gasteiger partial charge in [-0.1, -0.05) is 97.1 Å². The molecule has 0 heterocycles. The molecule has 0 spiro atoms. The van der Waals surface area contributed by atoms with Crippen molar-refractivity contribution in [3.05, 3.63) is 155 Å². The summed E-state index contributed by atoms with van der Waals surface area (Å²) in [6, 6.07) is 35.9. The van der Waals surface area contributed by atoms with E-state index in [1.807, 2.05) is 72.8 Å². The second-order valence-corrected chi connectivity index (χ2v) is 9.01. The number of rotatable bonds is 11. The van der Waals surface area contributed by atoms with Crippen LogP contribution in [0, 0.1) is 0 Å². The SMILES string of the molecule is O=C(NCC(=COC(=O)C(Cc1ccccc1)NC(=O)c1ccccc1)Cc1ccccc1)c1ccccc1. The average Bonchev–Trinajstić information content (AvgIpc) is 2.99. The molecule has 0 saturated carbocycles. The Morgan fingerprint density at radius 3 is 1.69 bits per heavy atom. The highest BCUT2D eigenvalue weighted by atomic mass is 16.5. The van der Waals surface area contributed by atoms with Crippen LogP contribution < -0.4 is 10.6 Å². The lowest BCUT2D eigenvalue weighted by molar-refractivity contribution is -0.140. The smallest absolute Gasteiger partial charge is 0.333 e. The van der Waals surface area contributed by atoms with Gasteiger partial charge in [0.05, 0.1) is 6.26 Å². The first kappa shape index (κ1) is 27.1. The molecule has 196 valence electrons. The molecule has 0 aromatic heterocycles. The predicted molar refractivity (Wildman–Crippen MR) is 151 cm³/mol. The van der Waals surface area contributed by atoms with Crippen LogP contribution in [0.1, 0.15) is 31.8 Å². The molecule has 0 aliphatic rings. The molecule has 0 bridgehead atoms. The number of carbonyl (C=O) groups excluding carboxylic acids is 3. The fraction of sp³-hybridized carbons (Fsp3) is 0.121. The van der Waals surface area contributed by atoms with E-state index in [-0.39, 0.29) is 24.8 Å². The lowest BCUT2D eigenvalue weighted by atomic mass is 10.0. The fourth-order valence-electron chi connectivity index (χ4n) is 3.99. The van der Waals surface area contributed by atoms with Crippen molar-refractivity contribution in [2.45, 2.75) is 18.9 Å². The summed E-state index contributed by atoms with van der Waals surface area (Å²) in [5, 5.41) is 5.71. The highest BCUT2D eigenvalue weighted by Gasteiger charge is 2.23. The van der Waals surface area contributed by atoms with E-state index in [1.165, 1.54) is 6.26 Å². The minimum atomic E-state index is -0.909. The number of amides is 2. The summed E-state index contributed by atoms with van der Waals surface area (Å²) in [7, 11) is 0. The van der Waals surface area contributed by atoms with Crippen LogP contribution in [0.2, 0.25) is 0 Å². The summed E-state index contributed by atoms with van der Waals surface area (Å²) >= 11 is 0. The molecule has 2 N–H and O–H groups in total. The van der Waals surface area contributed by atoms with Crippen LogP contribution in [-0.4, -0.2) is 30.4 Å². The maximum absolute atomic E-state index is 13.3. The predicted octanol–water partition coefficient (Wildman–Crippen LogP) is 5.13. The second kappa shape index (κ2) is 14.1. The molecule has 0 aliphatic heterocycles. The first-order chi connectivity index (χ1) is 19.1. The maximum atomic E-state index is 13.3. The molecule has 4 rings (SSSR count). The zero-order valence-electron chi connectivity index (χ0n) is 21.5. The standard InChI is InChI=1S/C33H30N2O4/c36-31(28-17-9-3-10-18-28)34-23-27(21-25-13-5-1-6-14-25)24-39-33(38)30(22-26-15-7-2-8-16-26)35-32(37)29-19-11-4-12-20-29/h1-20,24,30H,21-23H2,(H,34,36)(H,35,37). The molecule has 4 aromatic carbocycles. The Kier molecular flexibility index (Phi) is 9.79. The van der Waals surface area contributed by atoms with Gasteiger partial charge in [0.25, 0.3) is 11.8 Å². The third kappa shape index (κ3) is 8.54. The first-order valence-electron chi connectivity index (χ1n) is 12.7. The van der Waals surface area contributed by atoms with Gasteiger partial charge in [-0.15, -0.1) is 0 Å². The largest absolute Gasteiger partial charge is 0.433 e. The maximum Gasteiger partial charge on any atom is 0.333 e. The van der Waals surface area contributed by atoms with E-state index in [9.17, 15) is 14.4 Å². The van der Waals surface area contributed by atoms with Crippen LogP contribution >= 0.6 is 0 Å². The topological polar surface area (TPSA) is 84.5 Å². The molecule has 1 atom stereocenters. The Hall–Kier alpha value is -4.97. The third-order valence-corrected chi connectivity index (χ3v) is 6.04. The number of benzene rings is 4. The summed E-state index contributed by atoms with van der Waals surface area (Å²) < 4.78 is 5.62. The van der Waals surface area contributed by atoms with Gasteiger partial charge in [0.15, 0.2) is 0 Å². The van der Waals surface area contributed by atoms with Crippen molar-refractivity contribution in [2.24, 2.45) is 0 Å². The van der Waals surface area contributed by atoms with E-state index in [0.717, 1.165) is 11.1 Å². The molecule has 6 nitrogen and oxygen atoms in total. The highest BCUT2D eigenvalue weighted by Crippen LogP contribution is 2.11. The van der Waals surface area contributed by atoms with E-state index < -0.39 is 12.0 Å². The van der Waals surface area contributed by atoms with Crippen molar-refractivity contribution in [1.29, 1.82) is 0 Å². The second-order valence-electron chi connectivity index (χ2n) is 9.01. The lowest BCUT2D eigenvalue weighted by Gasteiger charge is -2.18. The van der Waals surface area contributed by atoms with Gasteiger partial charge in [-0.25, -0.2) is 4.79 Å². The molecule has 0 radical (unpaired) electrons. The third-order valence-electron chi connectivity index (χ3n) is 6.04. The van der Waals surface area contributed by atoms with Gasteiger partial charge in [-0.2, -0.15) is 0 Å². The quantitative estimate of drug-likeness (QED) is 0.213. The van der Waals surface area contributed by atoms with Gasteiger partial charge in [0.2, 0.25) is 0 Å². The molecule has 0 aliphatic carbocycles. The number of nitrogens with one attached hydrogen (secondary N) is 2. The van der Waals surface area contributed by atoms with E-state index >= 15 is 0 Å². The van der Waals surface area contributed by atoms with Crippen molar-refractivity contribution in [3.8, 4) is 0 Å². The first-order valence-corrected chi connectivity index (χ1v) is 12.7. The minimum Gasteiger partial charge on any atom is -0.433 e. The Balaban J connectivity index is 1.50. The number of ether oxygens (including phenoxy) is 1. The monoisotopic (exact) mass is 518 g/mol. The molecular formula is C33H30N2O4. The molecular weight excluding hydrogens is 488 g/mol. The zero-order valence-corrected chi connectivity index (χ0v) is 21.5. The Bertz CT molecular complexity index is 1390. The molecule has 1 unspecified atom stereocenters. The van der Waals surface area contributed by atoms with E-state index in [0.29, 0.717) is 23.1 Å². The fourth-order valence-corrected chi connectivity index (χ4v) is 3.99. The van der Waals surface area contributed by atoms with Crippen molar-refractivity contribution in [2.75, 3.05) is 6.54 Å². The van der Waals surface area contributed by atoms with Crippen LogP contribution in [0.25, 0.3) is 0 Å². The van der Waals surface area contributed by atoms with Gasteiger partial charge in [0, 0.05) is 24.1 Å². The van der Waals surface area contributed by atoms with Crippen LogP contribution in [0.4, 0.5) is 0 Å². The van der Waals surface area contributed by atoms with Gasteiger partial charge in [-0.05, 0) is 47.4 Å². The van der Waals surface area contributed by atoms with Gasteiger partial charge < -0.3 is 15.4 Å². The summed E-state index contributed by atoms with van der Waals surface area (Å²) in [6.07, 6.45) is 2.13. The molecule has 39 heavy (non-hydrogen) atoms. The van der Waals surface area contributed by atoms with Crippen LogP contribution in [0.3, 0.4) is 0 Å². The minimum absolute atomic E-state index is 0.190. The van der Waals surface area contributed by atoms with E-state index in [1.54, 1.807) is 48.5 Å².